The van der Waals surface area contributed by atoms with Crippen molar-refractivity contribution in [1.82, 2.24) is 4.90 Å². The normalized spacial score (nSPS) is 10.5. The lowest BCUT2D eigenvalue weighted by Crippen LogP contribution is -2.42. The number of aromatic nitrogens is 1. The number of rotatable bonds is 3. The van der Waals surface area contributed by atoms with Crippen LogP contribution in [0.25, 0.3) is 0 Å². The quantitative estimate of drug-likeness (QED) is 0.325. The van der Waals surface area contributed by atoms with E-state index in [-0.39, 0.29) is 12.5 Å². The number of carbonyl (C=O) groups is 1. The van der Waals surface area contributed by atoms with E-state index in [1.807, 2.05) is 0 Å². The van der Waals surface area contributed by atoms with Crippen LogP contribution in [0.5, 0.6) is 0 Å². The van der Waals surface area contributed by atoms with Crippen LogP contribution in [0.15, 0.2) is 29.7 Å². The van der Waals surface area contributed by atoms with Gasteiger partial charge in [0.05, 0.1) is 11.8 Å². The average molecular weight is 208 g/mol. The number of oxime groups is 1. The Morgan fingerprint density at radius 1 is 1.67 bits per heavy atom. The van der Waals surface area contributed by atoms with Crippen molar-refractivity contribution in [1.29, 1.82) is 0 Å². The van der Waals surface area contributed by atoms with Gasteiger partial charge in [-0.2, -0.15) is 4.57 Å². The van der Waals surface area contributed by atoms with Crippen LogP contribution < -0.4 is 4.57 Å². The first-order chi connectivity index (χ1) is 7.13. The molecule has 0 saturated heterocycles. The molecule has 1 aromatic rings. The second-order valence-electron chi connectivity index (χ2n) is 3.34. The second-order valence-corrected chi connectivity index (χ2v) is 3.34. The maximum atomic E-state index is 11.4. The number of hydrogen-bond acceptors (Lipinski definition) is 3. The molecule has 1 heterocycles. The standard InChI is InChI=1S/C10H13N3O2/c1-12(2)10(14)8-13-5-3-4-9(7-13)6-11-15/h3-7H,8H2,1-2H3/p+1/b11-6+. The number of nitrogens with zero attached hydrogens (tertiary/aromatic N) is 3. The Bertz CT molecular complexity index is 375. The Kier molecular flexibility index (Phi) is 3.79. The number of likely N-dealkylation sites (N-methyl/N-ethyl adjacent to an activating group) is 1. The summed E-state index contributed by atoms with van der Waals surface area (Å²) in [6.45, 7) is 0.278. The molecule has 1 aromatic heterocycles. The monoisotopic (exact) mass is 208 g/mol. The summed E-state index contributed by atoms with van der Waals surface area (Å²) in [7, 11) is 3.42. The first-order valence-electron chi connectivity index (χ1n) is 4.50. The molecular weight excluding hydrogens is 194 g/mol. The molecule has 0 aliphatic heterocycles. The number of amides is 1. The summed E-state index contributed by atoms with van der Waals surface area (Å²) < 4.78 is 1.74. The fraction of sp³-hybridized carbons (Fsp3) is 0.300. The van der Waals surface area contributed by atoms with Crippen molar-refractivity contribution >= 4 is 12.1 Å². The highest BCUT2D eigenvalue weighted by Gasteiger charge is 2.10. The van der Waals surface area contributed by atoms with Crippen LogP contribution >= 0.6 is 0 Å². The summed E-state index contributed by atoms with van der Waals surface area (Å²) in [5.74, 6) is 0.0121. The Labute approximate surface area is 88.3 Å². The minimum absolute atomic E-state index is 0.0121. The zero-order valence-corrected chi connectivity index (χ0v) is 8.79. The van der Waals surface area contributed by atoms with Crippen molar-refractivity contribution in [3.05, 3.63) is 30.1 Å². The molecular formula is C10H14N3O2+. The zero-order valence-electron chi connectivity index (χ0n) is 8.79. The molecule has 0 fully saturated rings. The SMILES string of the molecule is CN(C)C(=O)C[n+]1cccc(/C=N/O)c1. The van der Waals surface area contributed by atoms with Crippen molar-refractivity contribution in [3.8, 4) is 0 Å². The fourth-order valence-electron chi connectivity index (χ4n) is 1.08. The number of hydrogen-bond donors (Lipinski definition) is 1. The third-order valence-corrected chi connectivity index (χ3v) is 1.90. The van der Waals surface area contributed by atoms with Gasteiger partial charge in [-0.05, 0) is 6.07 Å². The summed E-state index contributed by atoms with van der Waals surface area (Å²) in [5, 5.41) is 11.3. The van der Waals surface area contributed by atoms with Crippen molar-refractivity contribution in [2.45, 2.75) is 6.54 Å². The number of pyridine rings is 1. The summed E-state index contributed by atoms with van der Waals surface area (Å²) in [4.78, 5) is 12.9. The molecule has 5 nitrogen and oxygen atoms in total. The molecule has 15 heavy (non-hydrogen) atoms. The predicted molar refractivity (Wildman–Crippen MR) is 54.7 cm³/mol. The van der Waals surface area contributed by atoms with Gasteiger partial charge in [-0.1, -0.05) is 5.16 Å². The largest absolute Gasteiger partial charge is 0.411 e. The van der Waals surface area contributed by atoms with Crippen LogP contribution in [0, 0.1) is 0 Å². The smallest absolute Gasteiger partial charge is 0.288 e. The van der Waals surface area contributed by atoms with E-state index >= 15 is 0 Å². The van der Waals surface area contributed by atoms with Gasteiger partial charge in [-0.3, -0.25) is 4.79 Å². The van der Waals surface area contributed by atoms with Crippen molar-refractivity contribution in [2.24, 2.45) is 5.16 Å². The van der Waals surface area contributed by atoms with Crippen LogP contribution in [0.4, 0.5) is 0 Å². The summed E-state index contributed by atoms with van der Waals surface area (Å²) in [6.07, 6.45) is 4.84. The second kappa shape index (κ2) is 5.09. The molecule has 0 aliphatic carbocycles. The van der Waals surface area contributed by atoms with E-state index in [1.165, 1.54) is 11.1 Å². The lowest BCUT2D eigenvalue weighted by atomic mass is 10.3. The van der Waals surface area contributed by atoms with Crippen molar-refractivity contribution in [3.63, 3.8) is 0 Å². The fourth-order valence-corrected chi connectivity index (χ4v) is 1.08. The molecule has 0 radical (unpaired) electrons. The van der Waals surface area contributed by atoms with Gasteiger partial charge in [-0.25, -0.2) is 0 Å². The van der Waals surface area contributed by atoms with Crippen LogP contribution in [-0.2, 0) is 11.3 Å². The minimum atomic E-state index is 0.0121. The van der Waals surface area contributed by atoms with Crippen LogP contribution in [0.1, 0.15) is 5.56 Å². The third kappa shape index (κ3) is 3.38. The van der Waals surface area contributed by atoms with Crippen LogP contribution in [-0.4, -0.2) is 36.3 Å². The number of carbonyl (C=O) groups excluding carboxylic acids is 1. The van der Waals surface area contributed by atoms with Gasteiger partial charge in [0, 0.05) is 20.2 Å². The molecule has 0 saturated carbocycles. The van der Waals surface area contributed by atoms with Gasteiger partial charge in [0.2, 0.25) is 6.54 Å². The highest BCUT2D eigenvalue weighted by atomic mass is 16.4. The van der Waals surface area contributed by atoms with E-state index in [1.54, 1.807) is 43.2 Å². The van der Waals surface area contributed by atoms with E-state index in [0.717, 1.165) is 5.56 Å². The third-order valence-electron chi connectivity index (χ3n) is 1.90. The van der Waals surface area contributed by atoms with Gasteiger partial charge in [0.15, 0.2) is 12.4 Å². The van der Waals surface area contributed by atoms with Crippen LogP contribution in [0.3, 0.4) is 0 Å². The molecule has 0 spiro atoms. The molecule has 80 valence electrons. The van der Waals surface area contributed by atoms with E-state index in [4.69, 9.17) is 5.21 Å². The molecule has 1 N–H and O–H groups in total. The predicted octanol–water partition coefficient (Wildman–Crippen LogP) is -0.130. The molecule has 0 aliphatic rings. The summed E-state index contributed by atoms with van der Waals surface area (Å²) in [5.41, 5.74) is 0.742. The molecule has 0 bridgehead atoms. The van der Waals surface area contributed by atoms with Gasteiger partial charge >= 0.3 is 0 Å². The van der Waals surface area contributed by atoms with Gasteiger partial charge < -0.3 is 10.1 Å². The molecule has 0 aromatic carbocycles. The minimum Gasteiger partial charge on any atom is -0.411 e. The van der Waals surface area contributed by atoms with Gasteiger partial charge in [0.25, 0.3) is 5.91 Å². The first-order valence-corrected chi connectivity index (χ1v) is 4.50. The average Bonchev–Trinajstić information content (AvgIpc) is 2.18. The highest BCUT2D eigenvalue weighted by Crippen LogP contribution is 1.90. The van der Waals surface area contributed by atoms with E-state index in [2.05, 4.69) is 5.16 Å². The lowest BCUT2D eigenvalue weighted by molar-refractivity contribution is -0.685. The molecule has 5 heteroatoms. The first kappa shape index (κ1) is 11.2. The molecule has 0 unspecified atom stereocenters. The van der Waals surface area contributed by atoms with Gasteiger partial charge in [0.1, 0.15) is 0 Å². The Hall–Kier alpha value is -1.91. The Morgan fingerprint density at radius 3 is 3.00 bits per heavy atom. The molecule has 1 amide bonds. The maximum Gasteiger partial charge on any atom is 0.288 e. The highest BCUT2D eigenvalue weighted by molar-refractivity contribution is 5.78. The Morgan fingerprint density at radius 2 is 2.40 bits per heavy atom. The molecule has 1 rings (SSSR count). The van der Waals surface area contributed by atoms with Crippen molar-refractivity contribution < 1.29 is 14.6 Å². The topological polar surface area (TPSA) is 56.8 Å². The summed E-state index contributed by atoms with van der Waals surface area (Å²) in [6, 6.07) is 3.58. The summed E-state index contributed by atoms with van der Waals surface area (Å²) >= 11 is 0. The van der Waals surface area contributed by atoms with Gasteiger partial charge in [-0.15, -0.1) is 0 Å². The Balaban J connectivity index is 2.78. The molecule has 0 atom stereocenters. The maximum absolute atomic E-state index is 11.4. The van der Waals surface area contributed by atoms with E-state index < -0.39 is 0 Å². The van der Waals surface area contributed by atoms with Crippen LogP contribution in [0.2, 0.25) is 0 Å². The van der Waals surface area contributed by atoms with Crippen molar-refractivity contribution in [2.75, 3.05) is 14.1 Å². The van der Waals surface area contributed by atoms with E-state index in [0.29, 0.717) is 0 Å². The lowest BCUT2D eigenvalue weighted by Gasteiger charge is -2.06. The zero-order chi connectivity index (χ0) is 11.3. The van der Waals surface area contributed by atoms with E-state index in [9.17, 15) is 4.79 Å².